The maximum Gasteiger partial charge on any atom is 0.416 e. The highest BCUT2D eigenvalue weighted by atomic mass is 19.4. The van der Waals surface area contributed by atoms with Crippen LogP contribution in [-0.4, -0.2) is 60.1 Å². The number of nitrogens with zero attached hydrogens (tertiary/aromatic N) is 4. The van der Waals surface area contributed by atoms with Gasteiger partial charge in [-0.1, -0.05) is 24.3 Å². The summed E-state index contributed by atoms with van der Waals surface area (Å²) in [6.45, 7) is 1.34. The summed E-state index contributed by atoms with van der Waals surface area (Å²) in [5, 5.41) is 5.20. The predicted molar refractivity (Wildman–Crippen MR) is 154 cm³/mol. The summed E-state index contributed by atoms with van der Waals surface area (Å²) in [4.78, 5) is 40.8. The lowest BCUT2D eigenvalue weighted by Crippen LogP contribution is -2.43. The molecule has 1 saturated heterocycles. The Morgan fingerprint density at radius 3 is 2.53 bits per heavy atom. The van der Waals surface area contributed by atoms with E-state index in [1.165, 1.54) is 19.2 Å². The smallest absolute Gasteiger partial charge is 0.380 e. The summed E-state index contributed by atoms with van der Waals surface area (Å²) in [6, 6.07) is 14.6. The molecule has 1 aliphatic rings. The fraction of sp³-hybridized carbons (Fsp3) is 0.323. The van der Waals surface area contributed by atoms with Gasteiger partial charge in [-0.2, -0.15) is 13.2 Å². The Morgan fingerprint density at radius 2 is 1.81 bits per heavy atom. The highest BCUT2D eigenvalue weighted by Crippen LogP contribution is 2.33. The number of fused-ring (bicyclic) bond motifs is 1. The summed E-state index contributed by atoms with van der Waals surface area (Å²) < 4.78 is 45.7. The molecule has 2 amide bonds. The zero-order chi connectivity index (χ0) is 30.6. The number of pyridine rings is 1. The van der Waals surface area contributed by atoms with Crippen molar-refractivity contribution in [3.8, 4) is 0 Å². The fourth-order valence-corrected chi connectivity index (χ4v) is 5.29. The van der Waals surface area contributed by atoms with E-state index in [4.69, 9.17) is 4.74 Å². The highest BCUT2D eigenvalue weighted by Gasteiger charge is 2.32. The molecule has 3 atom stereocenters. The van der Waals surface area contributed by atoms with Crippen molar-refractivity contribution in [2.75, 3.05) is 32.1 Å². The van der Waals surface area contributed by atoms with Crippen molar-refractivity contribution in [1.82, 2.24) is 25.6 Å². The second-order valence-electron chi connectivity index (χ2n) is 10.4. The summed E-state index contributed by atoms with van der Waals surface area (Å²) in [7, 11) is 3.11. The van der Waals surface area contributed by atoms with Crippen LogP contribution in [-0.2, 0) is 15.7 Å². The number of carbonyl (C=O) groups excluding carboxylic acids is 2. The number of alkyl halides is 3. The van der Waals surface area contributed by atoms with Crippen LogP contribution >= 0.6 is 0 Å². The zero-order valence-corrected chi connectivity index (χ0v) is 23.6. The molecular weight excluding hydrogens is 561 g/mol. The van der Waals surface area contributed by atoms with Crippen LogP contribution in [0.4, 0.5) is 19.0 Å². The van der Waals surface area contributed by atoms with Gasteiger partial charge in [0.15, 0.2) is 5.65 Å². The van der Waals surface area contributed by atoms with E-state index < -0.39 is 29.6 Å². The zero-order valence-electron chi connectivity index (χ0n) is 23.6. The number of aromatic nitrogens is 3. The Hall–Kier alpha value is -4.58. The maximum atomic E-state index is 13.3. The van der Waals surface area contributed by atoms with Crippen molar-refractivity contribution in [1.29, 1.82) is 0 Å². The van der Waals surface area contributed by atoms with Gasteiger partial charge in [-0.3, -0.25) is 14.6 Å². The first-order valence-corrected chi connectivity index (χ1v) is 13.8. The number of nitrogens with one attached hydrogen (secondary N) is 2. The number of piperidine rings is 1. The second kappa shape index (κ2) is 12.7. The lowest BCUT2D eigenvalue weighted by atomic mass is 9.88. The van der Waals surface area contributed by atoms with Crippen molar-refractivity contribution >= 4 is 28.8 Å². The van der Waals surface area contributed by atoms with E-state index in [9.17, 15) is 22.8 Å². The molecule has 2 N–H and O–H groups in total. The molecule has 3 unspecified atom stereocenters. The van der Waals surface area contributed by atoms with Gasteiger partial charge in [-0.05, 0) is 53.9 Å². The average Bonchev–Trinajstić information content (AvgIpc) is 3.03. The van der Waals surface area contributed by atoms with Crippen molar-refractivity contribution in [3.63, 3.8) is 0 Å². The van der Waals surface area contributed by atoms with Gasteiger partial charge in [0.05, 0.1) is 24.1 Å². The average molecular weight is 593 g/mol. The van der Waals surface area contributed by atoms with Crippen LogP contribution in [0.3, 0.4) is 0 Å². The summed E-state index contributed by atoms with van der Waals surface area (Å²) >= 11 is 0. The van der Waals surface area contributed by atoms with Gasteiger partial charge in [0.2, 0.25) is 5.91 Å². The Balaban J connectivity index is 1.33. The molecule has 0 saturated carbocycles. The Bertz CT molecular complexity index is 1600. The molecule has 2 aromatic heterocycles. The first kappa shape index (κ1) is 29.9. The van der Waals surface area contributed by atoms with Gasteiger partial charge in [0.1, 0.15) is 11.3 Å². The number of hydrogen-bond acceptors (Lipinski definition) is 7. The van der Waals surface area contributed by atoms with E-state index in [1.807, 2.05) is 24.3 Å². The molecule has 0 aliphatic carbocycles. The van der Waals surface area contributed by atoms with Crippen LogP contribution in [0, 0.1) is 0 Å². The van der Waals surface area contributed by atoms with E-state index in [2.05, 4.69) is 30.5 Å². The molecule has 0 bridgehead atoms. The highest BCUT2D eigenvalue weighted by molar-refractivity contribution is 5.95. The summed E-state index contributed by atoms with van der Waals surface area (Å²) in [5.41, 5.74) is 1.93. The third kappa shape index (κ3) is 7.08. The van der Waals surface area contributed by atoms with E-state index in [1.54, 1.807) is 31.6 Å². The standard InChI is InChI=1S/C31H31F3N6O3/c1-35-28(41)16-26(21-4-3-5-23(14-21)31(32,33)34)38-30(42)20-8-6-19(7-9-20)22-15-24(43-2)18-40(17-22)27-11-10-25-29(39-27)37-13-12-36-25/h3-14,22,24,26H,15-18H2,1-2H3,(H,35,41)(H,38,42). The molecule has 5 rings (SSSR count). The third-order valence-corrected chi connectivity index (χ3v) is 7.62. The second-order valence-corrected chi connectivity index (χ2v) is 10.4. The number of ether oxygens (including phenoxy) is 1. The van der Waals surface area contributed by atoms with Gasteiger partial charge < -0.3 is 20.3 Å². The van der Waals surface area contributed by atoms with E-state index in [0.29, 0.717) is 29.8 Å². The summed E-state index contributed by atoms with van der Waals surface area (Å²) in [5.74, 6) is -0.0614. The number of hydrogen-bond donors (Lipinski definition) is 2. The SMILES string of the molecule is CNC(=O)CC(NC(=O)c1ccc(C2CC(OC)CN(c3ccc4nccnc4n3)C2)cc1)c1cccc(C(F)(F)F)c1. The van der Waals surface area contributed by atoms with Crippen LogP contribution in [0.15, 0.2) is 73.1 Å². The maximum absolute atomic E-state index is 13.3. The first-order chi connectivity index (χ1) is 20.6. The fourth-order valence-electron chi connectivity index (χ4n) is 5.29. The number of carbonyl (C=O) groups is 2. The Morgan fingerprint density at radius 1 is 1.05 bits per heavy atom. The molecule has 2 aromatic carbocycles. The molecule has 1 fully saturated rings. The third-order valence-electron chi connectivity index (χ3n) is 7.62. The van der Waals surface area contributed by atoms with Crippen molar-refractivity contribution < 1.29 is 27.5 Å². The number of anilines is 1. The number of rotatable bonds is 8. The minimum absolute atomic E-state index is 0.0426. The number of benzene rings is 2. The quantitative estimate of drug-likeness (QED) is 0.306. The lowest BCUT2D eigenvalue weighted by Gasteiger charge is -2.38. The van der Waals surface area contributed by atoms with Gasteiger partial charge in [0, 0.05) is 51.1 Å². The van der Waals surface area contributed by atoms with E-state index in [0.717, 1.165) is 29.9 Å². The molecule has 4 aromatic rings. The topological polar surface area (TPSA) is 109 Å². The van der Waals surface area contributed by atoms with Crippen LogP contribution in [0.25, 0.3) is 11.2 Å². The molecule has 0 spiro atoms. The normalized spacial score (nSPS) is 17.8. The molecule has 224 valence electrons. The number of amides is 2. The van der Waals surface area contributed by atoms with Crippen LogP contribution in [0.2, 0.25) is 0 Å². The van der Waals surface area contributed by atoms with Gasteiger partial charge >= 0.3 is 6.18 Å². The minimum Gasteiger partial charge on any atom is -0.380 e. The first-order valence-electron chi connectivity index (χ1n) is 13.8. The van der Waals surface area contributed by atoms with Gasteiger partial charge in [-0.25, -0.2) is 9.97 Å². The molecule has 43 heavy (non-hydrogen) atoms. The number of halogens is 3. The van der Waals surface area contributed by atoms with E-state index in [-0.39, 0.29) is 24.0 Å². The Labute approximate surface area is 246 Å². The lowest BCUT2D eigenvalue weighted by molar-refractivity contribution is -0.137. The van der Waals surface area contributed by atoms with Crippen LogP contribution < -0.4 is 15.5 Å². The van der Waals surface area contributed by atoms with Crippen molar-refractivity contribution in [2.45, 2.75) is 37.1 Å². The molecule has 12 heteroatoms. The molecular formula is C31H31F3N6O3. The molecule has 3 heterocycles. The van der Waals surface area contributed by atoms with Crippen molar-refractivity contribution in [2.24, 2.45) is 0 Å². The largest absolute Gasteiger partial charge is 0.416 e. The summed E-state index contributed by atoms with van der Waals surface area (Å²) in [6.07, 6.45) is -0.809. The minimum atomic E-state index is -4.55. The van der Waals surface area contributed by atoms with Crippen LogP contribution in [0.5, 0.6) is 0 Å². The monoisotopic (exact) mass is 592 g/mol. The molecule has 9 nitrogen and oxygen atoms in total. The number of methoxy groups -OCH3 is 1. The molecule has 0 radical (unpaired) electrons. The van der Waals surface area contributed by atoms with E-state index >= 15 is 0 Å². The van der Waals surface area contributed by atoms with Gasteiger partial charge in [0.25, 0.3) is 5.91 Å². The van der Waals surface area contributed by atoms with Crippen LogP contribution in [0.1, 0.15) is 51.8 Å². The Kier molecular flexibility index (Phi) is 8.86. The van der Waals surface area contributed by atoms with Crippen molar-refractivity contribution in [3.05, 3.63) is 95.3 Å². The predicted octanol–water partition coefficient (Wildman–Crippen LogP) is 4.66. The van der Waals surface area contributed by atoms with Gasteiger partial charge in [-0.15, -0.1) is 0 Å². The molecule has 1 aliphatic heterocycles.